The van der Waals surface area contributed by atoms with Gasteiger partial charge in [-0.3, -0.25) is 5.01 Å². The average molecular weight is 536 g/mol. The maximum atomic E-state index is 13.9. The summed E-state index contributed by atoms with van der Waals surface area (Å²) in [6, 6.07) is 3.09. The van der Waals surface area contributed by atoms with E-state index in [1.165, 1.54) is 12.5 Å². The molecule has 12 heteroatoms. The number of nitrogens with two attached hydrogens (primary N) is 1. The molecule has 0 atom stereocenters. The number of nitrogens with zero attached hydrogens (tertiary/aromatic N) is 6. The van der Waals surface area contributed by atoms with Crippen molar-refractivity contribution in [3.05, 3.63) is 53.6 Å². The van der Waals surface area contributed by atoms with Gasteiger partial charge in [0.25, 0.3) is 0 Å². The molecule has 1 aromatic heterocycles. The van der Waals surface area contributed by atoms with E-state index in [1.807, 2.05) is 24.3 Å². The number of hydrogen-bond donors (Lipinski definition) is 1. The Labute approximate surface area is 219 Å². The van der Waals surface area contributed by atoms with Gasteiger partial charge in [-0.25, -0.2) is 19.4 Å². The Balaban J connectivity index is 1.34. The minimum Gasteiger partial charge on any atom is -0.488 e. The summed E-state index contributed by atoms with van der Waals surface area (Å²) in [5.41, 5.74) is 5.36. The van der Waals surface area contributed by atoms with Gasteiger partial charge in [0.15, 0.2) is 11.6 Å². The number of ether oxygens (including phenoxy) is 1. The van der Waals surface area contributed by atoms with Gasteiger partial charge in [0.05, 0.1) is 24.1 Å². The highest BCUT2D eigenvalue weighted by molar-refractivity contribution is 5.95. The summed E-state index contributed by atoms with van der Waals surface area (Å²) in [6.07, 6.45) is 1.76. The van der Waals surface area contributed by atoms with Crippen molar-refractivity contribution in [3.63, 3.8) is 0 Å². The molecule has 0 amide bonds. The van der Waals surface area contributed by atoms with Crippen LogP contribution in [0, 0.1) is 5.82 Å². The summed E-state index contributed by atoms with van der Waals surface area (Å²) in [4.78, 5) is 11.5. The molecule has 206 valence electrons. The van der Waals surface area contributed by atoms with Gasteiger partial charge in [-0.1, -0.05) is 0 Å². The summed E-state index contributed by atoms with van der Waals surface area (Å²) in [5, 5.41) is 4.21. The van der Waals surface area contributed by atoms with Gasteiger partial charge in [-0.05, 0) is 57.5 Å². The Morgan fingerprint density at radius 1 is 1.11 bits per heavy atom. The highest BCUT2D eigenvalue weighted by atomic mass is 19.4. The number of alkyl halides is 3. The van der Waals surface area contributed by atoms with Crippen LogP contribution in [-0.4, -0.2) is 76.3 Å². The van der Waals surface area contributed by atoms with Crippen LogP contribution in [0.4, 0.5) is 17.6 Å². The monoisotopic (exact) mass is 535 g/mol. The van der Waals surface area contributed by atoms with E-state index in [9.17, 15) is 17.6 Å². The van der Waals surface area contributed by atoms with Gasteiger partial charge in [0.2, 0.25) is 0 Å². The Kier molecular flexibility index (Phi) is 7.62. The number of imidazole rings is 1. The summed E-state index contributed by atoms with van der Waals surface area (Å²) >= 11 is 0. The van der Waals surface area contributed by atoms with Crippen molar-refractivity contribution in [2.45, 2.75) is 44.8 Å². The molecule has 5 rings (SSSR count). The molecule has 2 aromatic rings. The zero-order valence-corrected chi connectivity index (χ0v) is 21.4. The molecule has 3 aliphatic rings. The lowest BCUT2D eigenvalue weighted by molar-refractivity contribution is -0.139. The van der Waals surface area contributed by atoms with Crippen molar-refractivity contribution in [1.82, 2.24) is 24.5 Å². The van der Waals surface area contributed by atoms with Crippen molar-refractivity contribution in [2.75, 3.05) is 46.0 Å². The number of hydrogen-bond acceptors (Lipinski definition) is 7. The Morgan fingerprint density at radius 3 is 2.53 bits per heavy atom. The van der Waals surface area contributed by atoms with Gasteiger partial charge in [0, 0.05) is 43.9 Å². The second-order valence-corrected chi connectivity index (χ2v) is 9.84. The fraction of sp³-hybridized carbons (Fsp3) is 0.538. The molecule has 4 heterocycles. The van der Waals surface area contributed by atoms with Gasteiger partial charge in [-0.15, -0.1) is 0 Å². The van der Waals surface area contributed by atoms with E-state index in [0.717, 1.165) is 63.5 Å². The maximum Gasteiger partial charge on any atom is 0.419 e. The molecule has 0 bridgehead atoms. The molecule has 0 saturated carbocycles. The lowest BCUT2D eigenvalue weighted by atomic mass is 9.96. The Morgan fingerprint density at radius 2 is 1.87 bits per heavy atom. The normalized spacial score (nSPS) is 19.8. The molecule has 8 nitrogen and oxygen atoms in total. The van der Waals surface area contributed by atoms with E-state index >= 15 is 0 Å². The third-order valence-corrected chi connectivity index (χ3v) is 7.39. The third-order valence-electron chi connectivity index (χ3n) is 7.39. The minimum absolute atomic E-state index is 0.146. The van der Waals surface area contributed by atoms with Crippen LogP contribution in [0.1, 0.15) is 43.5 Å². The summed E-state index contributed by atoms with van der Waals surface area (Å²) in [6.45, 7) is 8.02. The first-order valence-electron chi connectivity index (χ1n) is 13.1. The average Bonchev–Trinajstić information content (AvgIpc) is 3.28. The number of hydrazine groups is 1. The Bertz CT molecular complexity index is 1200. The van der Waals surface area contributed by atoms with Crippen LogP contribution in [0.25, 0.3) is 11.3 Å². The highest BCUT2D eigenvalue weighted by Crippen LogP contribution is 2.36. The molecule has 3 aliphatic heterocycles. The fourth-order valence-corrected chi connectivity index (χ4v) is 5.12. The van der Waals surface area contributed by atoms with Crippen LogP contribution >= 0.6 is 0 Å². The molecular formula is C26H33F4N7O. The topological polar surface area (TPSA) is 75.2 Å². The number of aliphatic imine (C=N–C) groups is 1. The number of halogens is 4. The first kappa shape index (κ1) is 26.5. The largest absolute Gasteiger partial charge is 0.488 e. The van der Waals surface area contributed by atoms with Crippen LogP contribution in [0.2, 0.25) is 0 Å². The predicted molar refractivity (Wildman–Crippen MR) is 135 cm³/mol. The standard InChI is InChI=1S/C26H33F4N7O/c1-2-38-23-16-37(17-32-24(23)31)36-10-6-18(7-11-36)25-33-22(15-35(25)13-12-34-8-3-9-34)19-4-5-21(27)20(14-19)26(28,29)30/h4-5,14-16,18H,2-3,6-13,17H2,1H3,(H2,31,32). The van der Waals surface area contributed by atoms with E-state index in [4.69, 9.17) is 15.5 Å². The van der Waals surface area contributed by atoms with Crippen LogP contribution < -0.4 is 5.73 Å². The summed E-state index contributed by atoms with van der Waals surface area (Å²) < 4.78 is 61.6. The summed E-state index contributed by atoms with van der Waals surface area (Å²) in [7, 11) is 0. The zero-order valence-electron chi connectivity index (χ0n) is 21.4. The quantitative estimate of drug-likeness (QED) is 0.515. The van der Waals surface area contributed by atoms with Gasteiger partial charge in [-0.2, -0.15) is 13.2 Å². The molecular weight excluding hydrogens is 502 g/mol. The highest BCUT2D eigenvalue weighted by Gasteiger charge is 2.35. The smallest absolute Gasteiger partial charge is 0.419 e. The molecule has 0 aliphatic carbocycles. The number of piperidine rings is 1. The van der Waals surface area contributed by atoms with Crippen molar-refractivity contribution < 1.29 is 22.3 Å². The number of benzene rings is 1. The van der Waals surface area contributed by atoms with E-state index in [0.29, 0.717) is 37.1 Å². The lowest BCUT2D eigenvalue weighted by Gasteiger charge is -2.39. The van der Waals surface area contributed by atoms with E-state index in [1.54, 1.807) is 0 Å². The lowest BCUT2D eigenvalue weighted by Crippen LogP contribution is -2.46. The molecule has 1 aromatic carbocycles. The van der Waals surface area contributed by atoms with E-state index in [-0.39, 0.29) is 11.5 Å². The zero-order chi connectivity index (χ0) is 26.9. The molecule has 2 saturated heterocycles. The van der Waals surface area contributed by atoms with Crippen LogP contribution in [0.15, 0.2) is 41.3 Å². The van der Waals surface area contributed by atoms with Gasteiger partial charge >= 0.3 is 6.18 Å². The fourth-order valence-electron chi connectivity index (χ4n) is 5.12. The third kappa shape index (κ3) is 5.65. The number of amidine groups is 1. The number of rotatable bonds is 8. The number of aromatic nitrogens is 2. The molecule has 38 heavy (non-hydrogen) atoms. The van der Waals surface area contributed by atoms with Crippen LogP contribution in [0.5, 0.6) is 0 Å². The maximum absolute atomic E-state index is 13.9. The van der Waals surface area contributed by atoms with Crippen molar-refractivity contribution in [1.29, 1.82) is 0 Å². The second-order valence-electron chi connectivity index (χ2n) is 9.84. The van der Waals surface area contributed by atoms with Crippen molar-refractivity contribution in [2.24, 2.45) is 10.7 Å². The van der Waals surface area contributed by atoms with Crippen molar-refractivity contribution >= 4 is 5.84 Å². The van der Waals surface area contributed by atoms with E-state index < -0.39 is 17.6 Å². The molecule has 2 N–H and O–H groups in total. The van der Waals surface area contributed by atoms with Crippen LogP contribution in [0.3, 0.4) is 0 Å². The van der Waals surface area contributed by atoms with Gasteiger partial charge < -0.3 is 19.9 Å². The SMILES string of the molecule is CCOC1=CN(N2CCC(c3nc(-c4ccc(F)c(C(F)(F)F)c4)cn3CCN3CCC3)CC2)CN=C1N. The van der Waals surface area contributed by atoms with Crippen molar-refractivity contribution in [3.8, 4) is 11.3 Å². The first-order chi connectivity index (χ1) is 18.2. The molecule has 0 radical (unpaired) electrons. The van der Waals surface area contributed by atoms with E-state index in [2.05, 4.69) is 19.5 Å². The molecule has 2 fully saturated rings. The molecule has 0 unspecified atom stereocenters. The van der Waals surface area contributed by atoms with Gasteiger partial charge in [0.1, 0.15) is 18.3 Å². The van der Waals surface area contributed by atoms with Crippen LogP contribution in [-0.2, 0) is 17.5 Å². The summed E-state index contributed by atoms with van der Waals surface area (Å²) in [5.74, 6) is 0.683. The minimum atomic E-state index is -4.77. The predicted octanol–water partition coefficient (Wildman–Crippen LogP) is 4.02. The Hall–Kier alpha value is -3.12. The molecule has 0 spiro atoms. The first-order valence-corrected chi connectivity index (χ1v) is 13.1. The second kappa shape index (κ2) is 10.9. The number of likely N-dealkylation sites (tertiary alicyclic amines) is 1.